The van der Waals surface area contributed by atoms with Gasteiger partial charge in [0.1, 0.15) is 11.6 Å². The molecule has 2 aromatic carbocycles. The lowest BCUT2D eigenvalue weighted by Crippen LogP contribution is -2.35. The van der Waals surface area contributed by atoms with Crippen LogP contribution in [0.1, 0.15) is 101 Å². The molecule has 1 aliphatic carbocycles. The third kappa shape index (κ3) is 6.51. The molecule has 2 heterocycles. The molecule has 2 aliphatic rings. The molecule has 1 fully saturated rings. The average molecular weight is 514 g/mol. The number of benzene rings is 2. The summed E-state index contributed by atoms with van der Waals surface area (Å²) >= 11 is 0. The van der Waals surface area contributed by atoms with E-state index in [0.29, 0.717) is 6.04 Å². The van der Waals surface area contributed by atoms with E-state index in [1.54, 1.807) is 0 Å². The van der Waals surface area contributed by atoms with Gasteiger partial charge in [-0.05, 0) is 48.8 Å². The average Bonchev–Trinajstić information content (AvgIpc) is 3.60. The van der Waals surface area contributed by atoms with Gasteiger partial charge in [0.2, 0.25) is 0 Å². The quantitative estimate of drug-likeness (QED) is 0.229. The number of fused-ring (bicyclic) bond motifs is 1. The van der Waals surface area contributed by atoms with Crippen LogP contribution < -0.4 is 4.74 Å². The molecule has 1 aliphatic heterocycles. The Hall–Kier alpha value is -2.59. The Morgan fingerprint density at radius 2 is 1.82 bits per heavy atom. The molecular formula is C34H47N3O. The van der Waals surface area contributed by atoms with Gasteiger partial charge in [0.25, 0.3) is 0 Å². The highest BCUT2D eigenvalue weighted by atomic mass is 16.5. The van der Waals surface area contributed by atoms with Gasteiger partial charge in [0.05, 0.1) is 24.5 Å². The summed E-state index contributed by atoms with van der Waals surface area (Å²) in [6.45, 7) is 8.61. The van der Waals surface area contributed by atoms with Crippen molar-refractivity contribution < 1.29 is 4.74 Å². The van der Waals surface area contributed by atoms with Crippen LogP contribution in [0.3, 0.4) is 0 Å². The van der Waals surface area contributed by atoms with Crippen LogP contribution in [0.25, 0.3) is 11.4 Å². The number of imidazole rings is 1. The summed E-state index contributed by atoms with van der Waals surface area (Å²) in [5.41, 5.74) is 5.36. The molecule has 1 unspecified atom stereocenters. The maximum Gasteiger partial charge on any atom is 0.140 e. The number of hydrogen-bond donors (Lipinski definition) is 0. The van der Waals surface area contributed by atoms with Crippen LogP contribution in [0.15, 0.2) is 54.7 Å². The minimum Gasteiger partial charge on any atom is -0.493 e. The van der Waals surface area contributed by atoms with Crippen molar-refractivity contribution in [1.29, 1.82) is 0 Å². The van der Waals surface area contributed by atoms with Gasteiger partial charge in [-0.25, -0.2) is 4.98 Å². The molecule has 1 aromatic heterocycles. The molecule has 0 N–H and O–H groups in total. The zero-order chi connectivity index (χ0) is 26.2. The monoisotopic (exact) mass is 513 g/mol. The van der Waals surface area contributed by atoms with Crippen LogP contribution in [-0.4, -0.2) is 27.6 Å². The van der Waals surface area contributed by atoms with Gasteiger partial charge in [0.15, 0.2) is 0 Å². The van der Waals surface area contributed by atoms with E-state index in [4.69, 9.17) is 9.72 Å². The molecule has 0 amide bonds. The molecule has 4 heteroatoms. The minimum absolute atomic E-state index is 0.368. The topological polar surface area (TPSA) is 30.3 Å². The van der Waals surface area contributed by atoms with Crippen molar-refractivity contribution in [3.8, 4) is 17.1 Å². The SMILES string of the molecule is CCCCC(c1cnc(-c2ccccc2)n1CCCC)N(Cc1ccc2c(c1)OCC2)CC1CCCCC1. The Labute approximate surface area is 230 Å². The van der Waals surface area contributed by atoms with Crippen LogP contribution in [0.5, 0.6) is 5.75 Å². The fraction of sp³-hybridized carbons (Fsp3) is 0.559. The van der Waals surface area contributed by atoms with Gasteiger partial charge in [-0.3, -0.25) is 4.90 Å². The zero-order valence-corrected chi connectivity index (χ0v) is 23.7. The van der Waals surface area contributed by atoms with E-state index in [-0.39, 0.29) is 0 Å². The molecule has 0 spiro atoms. The van der Waals surface area contributed by atoms with Crippen LogP contribution in [0.2, 0.25) is 0 Å². The first kappa shape index (κ1) is 27.0. The largest absolute Gasteiger partial charge is 0.493 e. The Morgan fingerprint density at radius 3 is 2.61 bits per heavy atom. The first-order valence-corrected chi connectivity index (χ1v) is 15.4. The van der Waals surface area contributed by atoms with E-state index in [2.05, 4.69) is 78.0 Å². The number of aromatic nitrogens is 2. The van der Waals surface area contributed by atoms with Crippen molar-refractivity contribution in [2.45, 2.75) is 104 Å². The second kappa shape index (κ2) is 13.5. The summed E-state index contributed by atoms with van der Waals surface area (Å²) < 4.78 is 8.52. The first-order valence-electron chi connectivity index (χ1n) is 15.4. The predicted molar refractivity (Wildman–Crippen MR) is 157 cm³/mol. The maximum absolute atomic E-state index is 5.96. The van der Waals surface area contributed by atoms with E-state index < -0.39 is 0 Å². The maximum atomic E-state index is 5.96. The highest BCUT2D eigenvalue weighted by Crippen LogP contribution is 2.36. The molecule has 0 bridgehead atoms. The van der Waals surface area contributed by atoms with Gasteiger partial charge >= 0.3 is 0 Å². The summed E-state index contributed by atoms with van der Waals surface area (Å²) in [4.78, 5) is 7.88. The van der Waals surface area contributed by atoms with E-state index in [9.17, 15) is 0 Å². The van der Waals surface area contributed by atoms with E-state index in [1.165, 1.54) is 93.1 Å². The highest BCUT2D eigenvalue weighted by Gasteiger charge is 2.28. The van der Waals surface area contributed by atoms with Gasteiger partial charge in [-0.15, -0.1) is 0 Å². The molecule has 204 valence electrons. The number of ether oxygens (including phenoxy) is 1. The van der Waals surface area contributed by atoms with Crippen LogP contribution in [0, 0.1) is 5.92 Å². The lowest BCUT2D eigenvalue weighted by atomic mass is 9.88. The van der Waals surface area contributed by atoms with E-state index >= 15 is 0 Å². The lowest BCUT2D eigenvalue weighted by Gasteiger charge is -2.36. The van der Waals surface area contributed by atoms with Crippen molar-refractivity contribution in [2.75, 3.05) is 13.2 Å². The zero-order valence-electron chi connectivity index (χ0n) is 23.7. The fourth-order valence-corrected chi connectivity index (χ4v) is 6.49. The van der Waals surface area contributed by atoms with Crippen LogP contribution in [0.4, 0.5) is 0 Å². The Balaban J connectivity index is 1.51. The second-order valence-electron chi connectivity index (χ2n) is 11.5. The van der Waals surface area contributed by atoms with Gasteiger partial charge < -0.3 is 9.30 Å². The van der Waals surface area contributed by atoms with E-state index in [0.717, 1.165) is 43.6 Å². The Bertz CT molecular complexity index is 1130. The standard InChI is InChI=1S/C34H47N3O/c1-3-5-17-31(32-24-35-34(37(32)21-6-4-2)30-15-11-8-12-16-30)36(25-27-13-9-7-10-14-27)26-28-18-19-29-20-22-38-33(29)23-28/h8,11-12,15-16,18-19,23-24,27,31H,3-7,9-10,13-14,17,20-22,25-26H2,1-2H3. The molecule has 0 radical (unpaired) electrons. The summed E-state index contributed by atoms with van der Waals surface area (Å²) in [5, 5.41) is 0. The van der Waals surface area contributed by atoms with Gasteiger partial charge in [-0.1, -0.05) is 94.8 Å². The lowest BCUT2D eigenvalue weighted by molar-refractivity contribution is 0.127. The van der Waals surface area contributed by atoms with Gasteiger partial charge in [-0.2, -0.15) is 0 Å². The minimum atomic E-state index is 0.368. The molecule has 4 nitrogen and oxygen atoms in total. The fourth-order valence-electron chi connectivity index (χ4n) is 6.49. The summed E-state index contributed by atoms with van der Waals surface area (Å²) in [5.74, 6) is 3.02. The summed E-state index contributed by atoms with van der Waals surface area (Å²) in [7, 11) is 0. The number of hydrogen-bond acceptors (Lipinski definition) is 3. The third-order valence-electron chi connectivity index (χ3n) is 8.63. The van der Waals surface area contributed by atoms with Gasteiger partial charge in [0, 0.05) is 31.6 Å². The van der Waals surface area contributed by atoms with Crippen LogP contribution in [-0.2, 0) is 19.5 Å². The van der Waals surface area contributed by atoms with Crippen molar-refractivity contribution >= 4 is 0 Å². The van der Waals surface area contributed by atoms with Crippen LogP contribution >= 0.6 is 0 Å². The highest BCUT2D eigenvalue weighted by molar-refractivity contribution is 5.56. The second-order valence-corrected chi connectivity index (χ2v) is 11.5. The first-order chi connectivity index (χ1) is 18.8. The smallest absolute Gasteiger partial charge is 0.140 e. The molecular weight excluding hydrogens is 466 g/mol. The number of rotatable bonds is 13. The molecule has 1 saturated carbocycles. The molecule has 0 saturated heterocycles. The Morgan fingerprint density at radius 1 is 1.00 bits per heavy atom. The summed E-state index contributed by atoms with van der Waals surface area (Å²) in [6.07, 6.45) is 16.2. The Kier molecular flexibility index (Phi) is 9.57. The molecule has 1 atom stereocenters. The molecule has 3 aromatic rings. The van der Waals surface area contributed by atoms with E-state index in [1.807, 2.05) is 0 Å². The molecule has 38 heavy (non-hydrogen) atoms. The number of nitrogens with zero attached hydrogens (tertiary/aromatic N) is 3. The summed E-state index contributed by atoms with van der Waals surface area (Å²) in [6, 6.07) is 18.1. The van der Waals surface area contributed by atoms with Crippen molar-refractivity contribution in [3.05, 3.63) is 71.5 Å². The van der Waals surface area contributed by atoms with Crippen molar-refractivity contribution in [2.24, 2.45) is 5.92 Å². The third-order valence-corrected chi connectivity index (χ3v) is 8.63. The van der Waals surface area contributed by atoms with Crippen molar-refractivity contribution in [3.63, 3.8) is 0 Å². The normalized spacial score (nSPS) is 16.5. The van der Waals surface area contributed by atoms with Crippen molar-refractivity contribution in [1.82, 2.24) is 14.5 Å². The predicted octanol–water partition coefficient (Wildman–Crippen LogP) is 8.60. The molecule has 5 rings (SSSR count). The number of unbranched alkanes of at least 4 members (excludes halogenated alkanes) is 2.